The summed E-state index contributed by atoms with van der Waals surface area (Å²) in [4.78, 5) is 11.5. The normalized spacial score (nSPS) is 12.1. The van der Waals surface area contributed by atoms with Crippen LogP contribution >= 0.6 is 34.8 Å². The van der Waals surface area contributed by atoms with Gasteiger partial charge in [0.15, 0.2) is 0 Å². The molecule has 0 aliphatic heterocycles. The van der Waals surface area contributed by atoms with Gasteiger partial charge < -0.3 is 5.11 Å². The van der Waals surface area contributed by atoms with Crippen LogP contribution in [0.15, 0.2) is 42.5 Å². The van der Waals surface area contributed by atoms with E-state index in [1.165, 1.54) is 0 Å². The second-order valence-electron chi connectivity index (χ2n) is 4.81. The summed E-state index contributed by atoms with van der Waals surface area (Å²) in [6.45, 7) is 0. The van der Waals surface area contributed by atoms with Crippen LogP contribution in [0.2, 0.25) is 15.1 Å². The fourth-order valence-corrected chi connectivity index (χ4v) is 2.85. The van der Waals surface area contributed by atoms with Crippen LogP contribution in [0.3, 0.4) is 0 Å². The van der Waals surface area contributed by atoms with Crippen LogP contribution in [0.5, 0.6) is 0 Å². The largest absolute Gasteiger partial charge is 0.481 e. The van der Waals surface area contributed by atoms with Crippen molar-refractivity contribution in [3.63, 3.8) is 0 Å². The lowest BCUT2D eigenvalue weighted by Crippen LogP contribution is -2.19. The van der Waals surface area contributed by atoms with E-state index in [0.29, 0.717) is 27.9 Å². The molecule has 0 aliphatic carbocycles. The van der Waals surface area contributed by atoms with Crippen LogP contribution < -0.4 is 0 Å². The minimum absolute atomic E-state index is 0.345. The molecule has 0 bridgehead atoms. The minimum atomic E-state index is -0.860. The maximum atomic E-state index is 11.5. The van der Waals surface area contributed by atoms with E-state index in [4.69, 9.17) is 34.8 Å². The minimum Gasteiger partial charge on any atom is -0.481 e. The molecule has 0 heterocycles. The van der Waals surface area contributed by atoms with Crippen molar-refractivity contribution < 1.29 is 9.90 Å². The molecule has 0 amide bonds. The number of carboxylic acids is 1. The molecule has 0 radical (unpaired) electrons. The lowest BCUT2D eigenvalue weighted by molar-refractivity contribution is -0.141. The van der Waals surface area contributed by atoms with E-state index in [1.54, 1.807) is 30.3 Å². The fourth-order valence-electron chi connectivity index (χ4n) is 2.15. The molecule has 2 aromatic carbocycles. The van der Waals surface area contributed by atoms with E-state index in [-0.39, 0.29) is 0 Å². The van der Waals surface area contributed by atoms with Crippen LogP contribution in [0.1, 0.15) is 11.1 Å². The van der Waals surface area contributed by atoms with E-state index in [2.05, 4.69) is 0 Å². The van der Waals surface area contributed by atoms with Gasteiger partial charge in [-0.1, -0.05) is 53.0 Å². The number of hydrogen-bond acceptors (Lipinski definition) is 1. The molecule has 0 spiro atoms. The van der Waals surface area contributed by atoms with Gasteiger partial charge in [-0.2, -0.15) is 0 Å². The van der Waals surface area contributed by atoms with Crippen LogP contribution in [0.4, 0.5) is 0 Å². The average molecular weight is 344 g/mol. The van der Waals surface area contributed by atoms with Gasteiger partial charge in [-0.25, -0.2) is 0 Å². The van der Waals surface area contributed by atoms with Gasteiger partial charge in [0, 0.05) is 15.1 Å². The Hall–Kier alpha value is -1.22. The first kappa shape index (κ1) is 16.2. The predicted octanol–water partition coefficient (Wildman–Crippen LogP) is 5.13. The van der Waals surface area contributed by atoms with Crippen molar-refractivity contribution in [2.24, 2.45) is 5.92 Å². The molecule has 0 fully saturated rings. The molecule has 0 aromatic heterocycles. The van der Waals surface area contributed by atoms with Crippen LogP contribution in [0, 0.1) is 5.92 Å². The predicted molar refractivity (Wildman–Crippen MR) is 86.4 cm³/mol. The number of rotatable bonds is 5. The molecule has 2 rings (SSSR count). The van der Waals surface area contributed by atoms with Crippen molar-refractivity contribution in [3.8, 4) is 0 Å². The Morgan fingerprint density at radius 3 is 2.33 bits per heavy atom. The van der Waals surface area contributed by atoms with E-state index < -0.39 is 11.9 Å². The molecule has 1 unspecified atom stereocenters. The quantitative estimate of drug-likeness (QED) is 0.817. The average Bonchev–Trinajstić information content (AvgIpc) is 2.40. The van der Waals surface area contributed by atoms with Crippen LogP contribution in [-0.2, 0) is 17.6 Å². The summed E-state index contributed by atoms with van der Waals surface area (Å²) >= 11 is 17.9. The standard InChI is InChI=1S/C16H13Cl3O2/c17-13-3-1-2-10(7-13)6-12(16(20)21)8-11-4-5-14(18)9-15(11)19/h1-5,7,9,12H,6,8H2,(H,20,21). The topological polar surface area (TPSA) is 37.3 Å². The van der Waals surface area contributed by atoms with E-state index in [0.717, 1.165) is 11.1 Å². The number of aliphatic carboxylic acids is 1. The van der Waals surface area contributed by atoms with Crippen molar-refractivity contribution in [2.45, 2.75) is 12.8 Å². The van der Waals surface area contributed by atoms with Gasteiger partial charge in [0.2, 0.25) is 0 Å². The third-order valence-electron chi connectivity index (χ3n) is 3.20. The zero-order chi connectivity index (χ0) is 15.4. The lowest BCUT2D eigenvalue weighted by Gasteiger charge is -2.14. The Morgan fingerprint density at radius 1 is 1.00 bits per heavy atom. The maximum Gasteiger partial charge on any atom is 0.307 e. The number of carbonyl (C=O) groups is 1. The van der Waals surface area contributed by atoms with Crippen molar-refractivity contribution in [1.29, 1.82) is 0 Å². The molecular weight excluding hydrogens is 331 g/mol. The van der Waals surface area contributed by atoms with Gasteiger partial charge in [-0.15, -0.1) is 0 Å². The molecule has 110 valence electrons. The first-order chi connectivity index (χ1) is 9.95. The molecule has 0 saturated carbocycles. The molecule has 21 heavy (non-hydrogen) atoms. The highest BCUT2D eigenvalue weighted by Crippen LogP contribution is 2.25. The van der Waals surface area contributed by atoms with Crippen molar-refractivity contribution >= 4 is 40.8 Å². The monoisotopic (exact) mass is 342 g/mol. The van der Waals surface area contributed by atoms with Gasteiger partial charge in [0.05, 0.1) is 5.92 Å². The highest BCUT2D eigenvalue weighted by Gasteiger charge is 2.20. The first-order valence-electron chi connectivity index (χ1n) is 6.37. The molecule has 1 N–H and O–H groups in total. The Bertz CT molecular complexity index is 656. The van der Waals surface area contributed by atoms with Gasteiger partial charge in [0.1, 0.15) is 0 Å². The summed E-state index contributed by atoms with van der Waals surface area (Å²) in [5, 5.41) is 11.0. The SMILES string of the molecule is O=C(O)C(Cc1cccc(Cl)c1)Cc1ccc(Cl)cc1Cl. The summed E-state index contributed by atoms with van der Waals surface area (Å²) in [6.07, 6.45) is 0.743. The molecule has 2 nitrogen and oxygen atoms in total. The summed E-state index contributed by atoms with van der Waals surface area (Å²) in [5.74, 6) is -1.43. The number of benzene rings is 2. The van der Waals surface area contributed by atoms with Crippen LogP contribution in [-0.4, -0.2) is 11.1 Å². The summed E-state index contributed by atoms with van der Waals surface area (Å²) in [5.41, 5.74) is 1.66. The first-order valence-corrected chi connectivity index (χ1v) is 7.50. The summed E-state index contributed by atoms with van der Waals surface area (Å²) in [7, 11) is 0. The van der Waals surface area contributed by atoms with Crippen molar-refractivity contribution in [3.05, 3.63) is 68.7 Å². The Balaban J connectivity index is 2.18. The van der Waals surface area contributed by atoms with Gasteiger partial charge in [0.25, 0.3) is 0 Å². The second kappa shape index (κ2) is 7.17. The number of carboxylic acid groups (broad SMARTS) is 1. The zero-order valence-electron chi connectivity index (χ0n) is 11.0. The van der Waals surface area contributed by atoms with Crippen molar-refractivity contribution in [2.75, 3.05) is 0 Å². The lowest BCUT2D eigenvalue weighted by atomic mass is 9.92. The second-order valence-corrected chi connectivity index (χ2v) is 6.09. The molecule has 0 saturated heterocycles. The third kappa shape index (κ3) is 4.63. The third-order valence-corrected chi connectivity index (χ3v) is 4.02. The number of halogens is 3. The van der Waals surface area contributed by atoms with Crippen LogP contribution in [0.25, 0.3) is 0 Å². The Morgan fingerprint density at radius 2 is 1.71 bits per heavy atom. The highest BCUT2D eigenvalue weighted by molar-refractivity contribution is 6.35. The Kier molecular flexibility index (Phi) is 5.51. The summed E-state index contributed by atoms with van der Waals surface area (Å²) < 4.78 is 0. The maximum absolute atomic E-state index is 11.5. The summed E-state index contributed by atoms with van der Waals surface area (Å²) in [6, 6.07) is 12.3. The number of hydrogen-bond donors (Lipinski definition) is 1. The molecule has 1 atom stereocenters. The molecular formula is C16H13Cl3O2. The van der Waals surface area contributed by atoms with Gasteiger partial charge in [-0.05, 0) is 48.2 Å². The Labute approximate surface area is 138 Å². The molecule has 2 aromatic rings. The molecule has 0 aliphatic rings. The highest BCUT2D eigenvalue weighted by atomic mass is 35.5. The van der Waals surface area contributed by atoms with Gasteiger partial charge in [-0.3, -0.25) is 4.79 Å². The molecule has 5 heteroatoms. The fraction of sp³-hybridized carbons (Fsp3) is 0.188. The van der Waals surface area contributed by atoms with Gasteiger partial charge >= 0.3 is 5.97 Å². The van der Waals surface area contributed by atoms with E-state index in [9.17, 15) is 9.90 Å². The van der Waals surface area contributed by atoms with Crippen molar-refractivity contribution in [1.82, 2.24) is 0 Å². The smallest absolute Gasteiger partial charge is 0.307 e. The van der Waals surface area contributed by atoms with E-state index in [1.807, 2.05) is 12.1 Å². The van der Waals surface area contributed by atoms with E-state index >= 15 is 0 Å². The zero-order valence-corrected chi connectivity index (χ0v) is 13.3.